The summed E-state index contributed by atoms with van der Waals surface area (Å²) >= 11 is 0. The van der Waals surface area contributed by atoms with Crippen molar-refractivity contribution in [3.8, 4) is 0 Å². The summed E-state index contributed by atoms with van der Waals surface area (Å²) < 4.78 is 0. The van der Waals surface area contributed by atoms with Crippen LogP contribution in [-0.2, 0) is 0 Å². The lowest BCUT2D eigenvalue weighted by molar-refractivity contribution is 0.265. The van der Waals surface area contributed by atoms with Gasteiger partial charge in [0.05, 0.1) is 0 Å². The molecule has 1 rings (SSSR count). The number of nitrogens with zero attached hydrogens (tertiary/aromatic N) is 1. The van der Waals surface area contributed by atoms with Crippen LogP contribution >= 0.6 is 0 Å². The molecule has 3 nitrogen and oxygen atoms in total. The van der Waals surface area contributed by atoms with Crippen molar-refractivity contribution in [2.24, 2.45) is 0 Å². The molecule has 1 aliphatic rings. The van der Waals surface area contributed by atoms with Gasteiger partial charge in [0.2, 0.25) is 0 Å². The lowest BCUT2D eigenvalue weighted by atomic mass is 10.1. The number of rotatable bonds is 6. The van der Waals surface area contributed by atoms with Gasteiger partial charge in [-0.3, -0.25) is 0 Å². The molecule has 0 aliphatic carbocycles. The van der Waals surface area contributed by atoms with Crippen LogP contribution < -0.4 is 10.6 Å². The fourth-order valence-corrected chi connectivity index (χ4v) is 1.92. The van der Waals surface area contributed by atoms with Crippen molar-refractivity contribution in [2.45, 2.75) is 45.2 Å². The van der Waals surface area contributed by atoms with Crippen molar-refractivity contribution >= 4 is 0 Å². The van der Waals surface area contributed by atoms with Gasteiger partial charge in [0.1, 0.15) is 0 Å². The van der Waals surface area contributed by atoms with Gasteiger partial charge in [0.15, 0.2) is 0 Å². The molecule has 0 radical (unpaired) electrons. The van der Waals surface area contributed by atoms with E-state index in [2.05, 4.69) is 36.4 Å². The molecule has 0 atom stereocenters. The Kier molecular flexibility index (Phi) is 6.22. The first-order valence-corrected chi connectivity index (χ1v) is 6.34. The molecule has 1 heterocycles. The Morgan fingerprint density at radius 1 is 1.33 bits per heavy atom. The highest BCUT2D eigenvalue weighted by molar-refractivity contribution is 4.74. The molecule has 0 unspecified atom stereocenters. The molecule has 1 saturated heterocycles. The van der Waals surface area contributed by atoms with E-state index in [1.807, 2.05) is 0 Å². The largest absolute Gasteiger partial charge is 0.317 e. The molecule has 0 aromatic carbocycles. The summed E-state index contributed by atoms with van der Waals surface area (Å²) in [5.41, 5.74) is 0. The fraction of sp³-hybridized carbons (Fsp3) is 1.00. The second-order valence-electron chi connectivity index (χ2n) is 4.91. The van der Waals surface area contributed by atoms with E-state index in [1.165, 1.54) is 45.4 Å². The monoisotopic (exact) mass is 213 g/mol. The minimum absolute atomic E-state index is 0.670. The first-order valence-electron chi connectivity index (χ1n) is 6.34. The second kappa shape index (κ2) is 7.20. The molecule has 3 heteroatoms. The highest BCUT2D eigenvalue weighted by atomic mass is 15.1. The Morgan fingerprint density at radius 2 is 2.00 bits per heavy atom. The Hall–Kier alpha value is -0.120. The van der Waals surface area contributed by atoms with Crippen LogP contribution in [-0.4, -0.2) is 50.2 Å². The number of nitrogens with one attached hydrogen (secondary N) is 2. The van der Waals surface area contributed by atoms with Gasteiger partial charge in [-0.05, 0) is 66.3 Å². The van der Waals surface area contributed by atoms with Crippen molar-refractivity contribution in [1.82, 2.24) is 15.5 Å². The quantitative estimate of drug-likeness (QED) is 0.646. The van der Waals surface area contributed by atoms with E-state index < -0.39 is 0 Å². The first-order chi connectivity index (χ1) is 7.20. The molecule has 0 aromatic heterocycles. The van der Waals surface area contributed by atoms with Crippen molar-refractivity contribution in [2.75, 3.05) is 33.2 Å². The Bertz CT molecular complexity index is 153. The lowest BCUT2D eigenvalue weighted by Crippen LogP contribution is -2.41. The average Bonchev–Trinajstić information content (AvgIpc) is 2.25. The van der Waals surface area contributed by atoms with Gasteiger partial charge in [-0.1, -0.05) is 0 Å². The first kappa shape index (κ1) is 12.9. The maximum Gasteiger partial charge on any atom is 0.00912 e. The fourth-order valence-electron chi connectivity index (χ4n) is 1.92. The van der Waals surface area contributed by atoms with E-state index in [-0.39, 0.29) is 0 Å². The van der Waals surface area contributed by atoms with Crippen LogP contribution in [0.15, 0.2) is 0 Å². The zero-order valence-corrected chi connectivity index (χ0v) is 10.6. The minimum Gasteiger partial charge on any atom is -0.317 e. The third-order valence-electron chi connectivity index (χ3n) is 3.34. The molecule has 15 heavy (non-hydrogen) atoms. The summed E-state index contributed by atoms with van der Waals surface area (Å²) in [6, 6.07) is 1.43. The molecule has 0 saturated carbocycles. The van der Waals surface area contributed by atoms with Gasteiger partial charge in [-0.15, -0.1) is 0 Å². The van der Waals surface area contributed by atoms with E-state index in [0.29, 0.717) is 6.04 Å². The summed E-state index contributed by atoms with van der Waals surface area (Å²) in [7, 11) is 2.20. The molecule has 1 aliphatic heterocycles. The highest BCUT2D eigenvalue weighted by Gasteiger charge is 2.11. The SMILES string of the molecule is CC(C)N(C)CCCNC1CCNCC1. The lowest BCUT2D eigenvalue weighted by Gasteiger charge is -2.25. The summed E-state index contributed by atoms with van der Waals surface area (Å²) in [5, 5.41) is 7.04. The van der Waals surface area contributed by atoms with Crippen molar-refractivity contribution in [3.63, 3.8) is 0 Å². The van der Waals surface area contributed by atoms with Crippen LogP contribution in [0, 0.1) is 0 Å². The summed E-state index contributed by atoms with van der Waals surface area (Å²) in [6.07, 6.45) is 3.85. The van der Waals surface area contributed by atoms with Gasteiger partial charge in [0, 0.05) is 12.1 Å². The van der Waals surface area contributed by atoms with Crippen LogP contribution in [0.1, 0.15) is 33.1 Å². The Balaban J connectivity index is 1.96. The van der Waals surface area contributed by atoms with Crippen LogP contribution in [0.25, 0.3) is 0 Å². The van der Waals surface area contributed by atoms with Crippen molar-refractivity contribution < 1.29 is 0 Å². The predicted molar refractivity (Wildman–Crippen MR) is 66.3 cm³/mol. The number of hydrogen-bond donors (Lipinski definition) is 2. The van der Waals surface area contributed by atoms with Gasteiger partial charge < -0.3 is 15.5 Å². The third kappa shape index (κ3) is 5.50. The predicted octanol–water partition coefficient (Wildman–Crippen LogP) is 1.06. The van der Waals surface area contributed by atoms with E-state index in [1.54, 1.807) is 0 Å². The number of piperidine rings is 1. The topological polar surface area (TPSA) is 27.3 Å². The van der Waals surface area contributed by atoms with Crippen molar-refractivity contribution in [3.05, 3.63) is 0 Å². The highest BCUT2D eigenvalue weighted by Crippen LogP contribution is 2.02. The van der Waals surface area contributed by atoms with Gasteiger partial charge >= 0.3 is 0 Å². The van der Waals surface area contributed by atoms with Gasteiger partial charge in [-0.25, -0.2) is 0 Å². The molecular weight excluding hydrogens is 186 g/mol. The van der Waals surface area contributed by atoms with E-state index in [9.17, 15) is 0 Å². The van der Waals surface area contributed by atoms with Crippen LogP contribution in [0.4, 0.5) is 0 Å². The third-order valence-corrected chi connectivity index (χ3v) is 3.34. The molecule has 0 amide bonds. The van der Waals surface area contributed by atoms with E-state index in [4.69, 9.17) is 0 Å². The summed E-state index contributed by atoms with van der Waals surface area (Å²) in [6.45, 7) is 9.24. The Labute approximate surface area is 94.6 Å². The molecular formula is C12H27N3. The zero-order chi connectivity index (χ0) is 11.1. The molecule has 0 spiro atoms. The van der Waals surface area contributed by atoms with Crippen molar-refractivity contribution in [1.29, 1.82) is 0 Å². The van der Waals surface area contributed by atoms with Crippen LogP contribution in [0.5, 0.6) is 0 Å². The second-order valence-corrected chi connectivity index (χ2v) is 4.91. The molecule has 2 N–H and O–H groups in total. The van der Waals surface area contributed by atoms with Gasteiger partial charge in [-0.2, -0.15) is 0 Å². The van der Waals surface area contributed by atoms with Gasteiger partial charge in [0.25, 0.3) is 0 Å². The van der Waals surface area contributed by atoms with E-state index >= 15 is 0 Å². The standard InChI is InChI=1S/C12H27N3/c1-11(2)15(3)10-4-7-14-12-5-8-13-9-6-12/h11-14H,4-10H2,1-3H3. The van der Waals surface area contributed by atoms with Crippen LogP contribution in [0.2, 0.25) is 0 Å². The van der Waals surface area contributed by atoms with Crippen LogP contribution in [0.3, 0.4) is 0 Å². The zero-order valence-electron chi connectivity index (χ0n) is 10.6. The molecule has 0 bridgehead atoms. The summed E-state index contributed by atoms with van der Waals surface area (Å²) in [5.74, 6) is 0. The molecule has 0 aromatic rings. The smallest absolute Gasteiger partial charge is 0.00912 e. The number of hydrogen-bond acceptors (Lipinski definition) is 3. The maximum atomic E-state index is 3.65. The molecule has 1 fully saturated rings. The summed E-state index contributed by atoms with van der Waals surface area (Å²) in [4.78, 5) is 2.41. The van der Waals surface area contributed by atoms with E-state index in [0.717, 1.165) is 6.04 Å². The normalized spacial score (nSPS) is 19.0. The molecule has 90 valence electrons. The Morgan fingerprint density at radius 3 is 2.60 bits per heavy atom. The maximum absolute atomic E-state index is 3.65. The average molecular weight is 213 g/mol. The minimum atomic E-state index is 0.670.